The van der Waals surface area contributed by atoms with E-state index in [9.17, 15) is 4.79 Å². The van der Waals surface area contributed by atoms with Crippen LogP contribution < -0.4 is 30.0 Å². The lowest BCUT2D eigenvalue weighted by atomic mass is 9.56. The highest BCUT2D eigenvalue weighted by Gasteiger charge is 2.54. The van der Waals surface area contributed by atoms with Gasteiger partial charge in [0.1, 0.15) is 23.0 Å². The first-order chi connectivity index (χ1) is 42.9. The summed E-state index contributed by atoms with van der Waals surface area (Å²) < 4.78 is 23.9. The van der Waals surface area contributed by atoms with Gasteiger partial charge in [-0.2, -0.15) is 0 Å². The zero-order chi connectivity index (χ0) is 60.2. The number of aromatic nitrogens is 4. The highest BCUT2D eigenvalue weighted by atomic mass is 16.5. The molecular formula is C75H56N6O7. The number of amides is 1. The van der Waals surface area contributed by atoms with Crippen LogP contribution in [0.4, 0.5) is 11.4 Å². The Hall–Kier alpha value is -11.3. The number of anilines is 2. The molecule has 0 spiro atoms. The van der Waals surface area contributed by atoms with E-state index in [1.54, 1.807) is 40.6 Å². The van der Waals surface area contributed by atoms with Crippen molar-refractivity contribution < 1.29 is 33.3 Å². The number of hydrogen-bond acceptors (Lipinski definition) is 10. The summed E-state index contributed by atoms with van der Waals surface area (Å²) in [6, 6.07) is 52.8. The van der Waals surface area contributed by atoms with Crippen molar-refractivity contribution in [2.45, 2.75) is 25.7 Å². The van der Waals surface area contributed by atoms with Crippen LogP contribution in [-0.4, -0.2) is 65.8 Å². The van der Waals surface area contributed by atoms with E-state index in [0.29, 0.717) is 56.6 Å². The molecular weight excluding hydrogens is 1100 g/mol. The number of ketones is 2. The Kier molecular flexibility index (Phi) is 12.6. The third-order valence-electron chi connectivity index (χ3n) is 17.6. The van der Waals surface area contributed by atoms with Crippen LogP contribution in [0, 0.1) is 13.8 Å². The van der Waals surface area contributed by atoms with Gasteiger partial charge >= 0.3 is 0 Å². The number of rotatable bonds is 10. The molecule has 0 atom stereocenters. The standard InChI is InChI=1S/C75H56N6O7/c1-38-7-11-40(12-8-38)61-49-25-29-53(78-49)63(42-15-20-45(76)21-16-42)54-30-26-50(79-54)62(41-13-9-39(2)10-14-41)52-28-32-56(81-52)64(55-31-27-51(61)80-55)43-17-22-46(23-18-43)77-75(84)44-19-24-47-48(37-44)74(83)72-70-67-59(87-5)35-33-57(85-3)65(67)69(71(72)73(47)82)66-58(86-4)34-36-60(88-6)68(66)70/h7-37,69-70,78,81H,76H2,1-6H3,(H,77,84). The average Bonchev–Trinajstić information content (AvgIpc) is 1.07. The summed E-state index contributed by atoms with van der Waals surface area (Å²) in [5, 5.41) is 3.07. The number of nitrogen functional groups attached to an aromatic ring is 1. The average molecular weight is 1150 g/mol. The van der Waals surface area contributed by atoms with E-state index in [1.165, 1.54) is 6.07 Å². The van der Waals surface area contributed by atoms with Crippen molar-refractivity contribution in [3.8, 4) is 67.5 Å². The second kappa shape index (κ2) is 20.7. The molecule has 0 radical (unpaired) electrons. The minimum absolute atomic E-state index is 0.132. The van der Waals surface area contributed by atoms with Crippen LogP contribution in [0.1, 0.15) is 99.1 Å². The monoisotopic (exact) mass is 1150 g/mol. The Balaban J connectivity index is 0.838. The summed E-state index contributed by atoms with van der Waals surface area (Å²) in [5.74, 6) is -0.511. The molecule has 0 unspecified atom stereocenters. The molecule has 1 amide bonds. The van der Waals surface area contributed by atoms with E-state index in [1.807, 2.05) is 72.8 Å². The van der Waals surface area contributed by atoms with Gasteiger partial charge in [0.25, 0.3) is 5.91 Å². The molecule has 13 nitrogen and oxygen atoms in total. The van der Waals surface area contributed by atoms with Gasteiger partial charge in [-0.25, -0.2) is 9.97 Å². The van der Waals surface area contributed by atoms with Gasteiger partial charge in [0.05, 0.1) is 51.2 Å². The van der Waals surface area contributed by atoms with E-state index < -0.39 is 17.7 Å². The van der Waals surface area contributed by atoms with Gasteiger partial charge in [-0.15, -0.1) is 0 Å². The first-order valence-electron chi connectivity index (χ1n) is 29.0. The van der Waals surface area contributed by atoms with Gasteiger partial charge in [0, 0.05) is 118 Å². The minimum Gasteiger partial charge on any atom is -0.496 e. The minimum atomic E-state index is -0.784. The number of fused-ring (bicyclic) bond motifs is 9. The van der Waals surface area contributed by atoms with Crippen LogP contribution in [-0.2, 0) is 0 Å². The number of nitrogens with zero attached hydrogens (tertiary/aromatic N) is 2. The number of Topliss-reactive ketones (excluding diaryl/α,β-unsaturated/α-hetero) is 2. The Morgan fingerprint density at radius 1 is 0.432 bits per heavy atom. The molecule has 13 heteroatoms. The molecule has 0 fully saturated rings. The zero-order valence-electron chi connectivity index (χ0n) is 48.9. The molecule has 5 heterocycles. The maximum absolute atomic E-state index is 15.3. The second-order valence-electron chi connectivity index (χ2n) is 22.6. The fraction of sp³-hybridized carbons (Fsp3) is 0.107. The lowest BCUT2D eigenvalue weighted by molar-refractivity contribution is 0.0961. The molecule has 88 heavy (non-hydrogen) atoms. The number of hydrogen-bond donors (Lipinski definition) is 4. The maximum atomic E-state index is 15.3. The van der Waals surface area contributed by atoms with E-state index in [4.69, 9.17) is 34.6 Å². The summed E-state index contributed by atoms with van der Waals surface area (Å²) >= 11 is 0. The quantitative estimate of drug-likeness (QED) is 0.0961. The largest absolute Gasteiger partial charge is 0.496 e. The van der Waals surface area contributed by atoms with E-state index in [-0.39, 0.29) is 28.3 Å². The topological polar surface area (TPSA) is 184 Å². The number of aromatic amines is 2. The fourth-order valence-corrected chi connectivity index (χ4v) is 13.6. The normalized spacial score (nSPS) is 14.9. The number of allylic oxidation sites excluding steroid dienone is 2. The number of carbonyl (C=O) groups excluding carboxylic acids is 3. The third kappa shape index (κ3) is 8.40. The molecule has 10 bridgehead atoms. The number of nitrogens with two attached hydrogens (primary N) is 1. The predicted molar refractivity (Wildman–Crippen MR) is 347 cm³/mol. The smallest absolute Gasteiger partial charge is 0.255 e. The molecule has 16 rings (SSSR count). The maximum Gasteiger partial charge on any atom is 0.255 e. The van der Waals surface area contributed by atoms with Crippen molar-refractivity contribution in [3.05, 3.63) is 248 Å². The Bertz CT molecular complexity index is 4840. The van der Waals surface area contributed by atoms with Gasteiger partial charge in [-0.1, -0.05) is 83.9 Å². The van der Waals surface area contributed by atoms with Crippen molar-refractivity contribution >= 4 is 75.2 Å². The molecule has 0 saturated carbocycles. The van der Waals surface area contributed by atoms with Gasteiger partial charge in [0.2, 0.25) is 0 Å². The highest BCUT2D eigenvalue weighted by molar-refractivity contribution is 6.30. The van der Waals surface area contributed by atoms with Crippen molar-refractivity contribution in [2.75, 3.05) is 39.5 Å². The molecule has 6 aliphatic rings. The van der Waals surface area contributed by atoms with Gasteiger partial charge in [-0.05, 0) is 151 Å². The summed E-state index contributed by atoms with van der Waals surface area (Å²) in [6.07, 6.45) is 8.27. The van der Waals surface area contributed by atoms with Crippen molar-refractivity contribution in [1.82, 2.24) is 19.9 Å². The van der Waals surface area contributed by atoms with Crippen LogP contribution in [0.2, 0.25) is 0 Å². The molecule has 7 aromatic carbocycles. The number of ether oxygens (including phenoxy) is 4. The molecule has 2 aliphatic heterocycles. The van der Waals surface area contributed by atoms with E-state index in [2.05, 4.69) is 126 Å². The Morgan fingerprint density at radius 2 is 0.773 bits per heavy atom. The van der Waals surface area contributed by atoms with Crippen molar-refractivity contribution in [2.24, 2.45) is 0 Å². The number of methoxy groups -OCH3 is 4. The SMILES string of the molecule is COc1ccc(OC)c2c1C1C3=C(C(=O)c4cc(C(=O)Nc5ccc(-c6c7nc(c(-c8ccc(C)cc8)c8ccc([nH]8)c(-c8ccc(N)cc8)c8nc(c(-c9ccc(C)cc9)c9ccc6[nH]9)C=C8)C=C7)cc5)ccc4C3=O)C2c2c(OC)ccc(OC)c21. The van der Waals surface area contributed by atoms with Crippen LogP contribution in [0.3, 0.4) is 0 Å². The Morgan fingerprint density at radius 3 is 1.14 bits per heavy atom. The first-order valence-corrected chi connectivity index (χ1v) is 29.0. The number of H-pyrrole nitrogens is 2. The lowest BCUT2D eigenvalue weighted by Gasteiger charge is -2.45. The van der Waals surface area contributed by atoms with Crippen LogP contribution in [0.5, 0.6) is 23.0 Å². The molecule has 10 aromatic rings. The predicted octanol–water partition coefficient (Wildman–Crippen LogP) is 15.8. The number of benzene rings is 7. The number of aryl methyl sites for hydroxylation is 2. The van der Waals surface area contributed by atoms with Crippen LogP contribution >= 0.6 is 0 Å². The summed E-state index contributed by atoms with van der Waals surface area (Å²) in [7, 11) is 6.32. The fourth-order valence-electron chi connectivity index (χ4n) is 13.6. The van der Waals surface area contributed by atoms with Gasteiger partial charge < -0.3 is 40.0 Å². The summed E-state index contributed by atoms with van der Waals surface area (Å²) in [5.41, 5.74) is 27.7. The Labute approximate surface area is 506 Å². The summed E-state index contributed by atoms with van der Waals surface area (Å²) in [4.78, 5) is 63.5. The molecule has 5 N–H and O–H groups in total. The molecule has 3 aromatic heterocycles. The lowest BCUT2D eigenvalue weighted by Crippen LogP contribution is -2.38. The van der Waals surface area contributed by atoms with Gasteiger partial charge in [0.15, 0.2) is 11.6 Å². The van der Waals surface area contributed by atoms with E-state index >= 15 is 9.59 Å². The van der Waals surface area contributed by atoms with Crippen molar-refractivity contribution in [3.63, 3.8) is 0 Å². The molecule has 0 saturated heterocycles. The highest BCUT2D eigenvalue weighted by Crippen LogP contribution is 2.65. The van der Waals surface area contributed by atoms with Crippen LogP contribution in [0.15, 0.2) is 175 Å². The second-order valence-corrected chi connectivity index (χ2v) is 22.6. The molecule has 4 aliphatic carbocycles. The number of carbonyl (C=O) groups is 3. The molecule has 428 valence electrons. The van der Waals surface area contributed by atoms with Gasteiger partial charge in [-0.3, -0.25) is 14.4 Å². The number of nitrogens with one attached hydrogen (secondary N) is 3. The van der Waals surface area contributed by atoms with Crippen LogP contribution in [0.25, 0.3) is 90.9 Å². The van der Waals surface area contributed by atoms with Crippen molar-refractivity contribution in [1.29, 1.82) is 0 Å². The van der Waals surface area contributed by atoms with E-state index in [0.717, 1.165) is 112 Å². The zero-order valence-corrected chi connectivity index (χ0v) is 48.9. The third-order valence-corrected chi connectivity index (χ3v) is 17.6. The first kappa shape index (κ1) is 53.4. The summed E-state index contributed by atoms with van der Waals surface area (Å²) in [6.45, 7) is 4.16.